The second-order valence-electron chi connectivity index (χ2n) is 5.09. The molecule has 1 rings (SSSR count). The van der Waals surface area contributed by atoms with E-state index in [1.165, 1.54) is 0 Å². The van der Waals surface area contributed by atoms with E-state index in [1.54, 1.807) is 4.90 Å². The largest absolute Gasteiger partial charge is 0.368 e. The van der Waals surface area contributed by atoms with Crippen LogP contribution in [0.2, 0.25) is 0 Å². The summed E-state index contributed by atoms with van der Waals surface area (Å²) in [6, 6.07) is -0.425. The Morgan fingerprint density at radius 1 is 1.56 bits per heavy atom. The van der Waals surface area contributed by atoms with Gasteiger partial charge in [0.1, 0.15) is 6.04 Å². The van der Waals surface area contributed by atoms with Crippen molar-refractivity contribution in [1.29, 1.82) is 0 Å². The van der Waals surface area contributed by atoms with Crippen molar-refractivity contribution in [3.63, 3.8) is 0 Å². The van der Waals surface area contributed by atoms with Crippen molar-refractivity contribution in [2.75, 3.05) is 6.54 Å². The molecule has 0 aromatic carbocycles. The molecule has 0 aromatic heterocycles. The van der Waals surface area contributed by atoms with Crippen molar-refractivity contribution in [2.24, 2.45) is 11.1 Å². The number of hydrogen-bond donors (Lipinski definition) is 1. The third-order valence-electron chi connectivity index (χ3n) is 3.40. The first kappa shape index (κ1) is 13.0. The molecule has 0 radical (unpaired) electrons. The predicted octanol–water partition coefficient (Wildman–Crippen LogP) is 1.29. The maximum atomic E-state index is 11.9. The number of likely N-dealkylation sites (tertiary alicyclic amines) is 1. The first-order valence-electron chi connectivity index (χ1n) is 6.02. The SMILES string of the molecule is CCCC1(C)CC(=O)N([C@@H](CC)C(N)=O)C1. The lowest BCUT2D eigenvalue weighted by Crippen LogP contribution is -2.45. The van der Waals surface area contributed by atoms with Crippen molar-refractivity contribution >= 4 is 11.8 Å². The van der Waals surface area contributed by atoms with Crippen LogP contribution in [0.25, 0.3) is 0 Å². The van der Waals surface area contributed by atoms with Crippen LogP contribution < -0.4 is 5.73 Å². The normalized spacial score (nSPS) is 27.2. The first-order chi connectivity index (χ1) is 7.43. The van der Waals surface area contributed by atoms with Crippen LogP contribution in [-0.4, -0.2) is 29.3 Å². The number of amides is 2. The van der Waals surface area contributed by atoms with E-state index < -0.39 is 11.9 Å². The van der Waals surface area contributed by atoms with Gasteiger partial charge in [0.25, 0.3) is 0 Å². The highest BCUT2D eigenvalue weighted by Crippen LogP contribution is 2.36. The van der Waals surface area contributed by atoms with Gasteiger partial charge in [-0.3, -0.25) is 9.59 Å². The fourth-order valence-corrected chi connectivity index (χ4v) is 2.65. The first-order valence-corrected chi connectivity index (χ1v) is 6.02. The Kier molecular flexibility index (Phi) is 3.94. The molecule has 4 nitrogen and oxygen atoms in total. The molecular formula is C12H22N2O2. The summed E-state index contributed by atoms with van der Waals surface area (Å²) in [5.74, 6) is -0.321. The summed E-state index contributed by atoms with van der Waals surface area (Å²) in [4.78, 5) is 24.8. The second-order valence-corrected chi connectivity index (χ2v) is 5.09. The molecule has 0 aromatic rings. The fourth-order valence-electron chi connectivity index (χ4n) is 2.65. The van der Waals surface area contributed by atoms with Gasteiger partial charge >= 0.3 is 0 Å². The summed E-state index contributed by atoms with van der Waals surface area (Å²) in [5.41, 5.74) is 5.34. The second kappa shape index (κ2) is 4.85. The van der Waals surface area contributed by atoms with Gasteiger partial charge in [-0.05, 0) is 18.3 Å². The summed E-state index contributed by atoms with van der Waals surface area (Å²) in [6.45, 7) is 6.78. The maximum Gasteiger partial charge on any atom is 0.240 e. The molecule has 4 heteroatoms. The van der Waals surface area contributed by atoms with Crippen LogP contribution in [0.4, 0.5) is 0 Å². The van der Waals surface area contributed by atoms with E-state index in [0.29, 0.717) is 19.4 Å². The molecule has 1 aliphatic rings. The Balaban J connectivity index is 2.77. The van der Waals surface area contributed by atoms with E-state index in [4.69, 9.17) is 5.73 Å². The van der Waals surface area contributed by atoms with Crippen molar-refractivity contribution in [1.82, 2.24) is 4.90 Å². The minimum absolute atomic E-state index is 0.0225. The lowest BCUT2D eigenvalue weighted by molar-refractivity contribution is -0.136. The van der Waals surface area contributed by atoms with Crippen LogP contribution in [0.3, 0.4) is 0 Å². The third-order valence-corrected chi connectivity index (χ3v) is 3.40. The zero-order valence-electron chi connectivity index (χ0n) is 10.5. The van der Waals surface area contributed by atoms with E-state index in [9.17, 15) is 9.59 Å². The molecule has 1 unspecified atom stereocenters. The van der Waals surface area contributed by atoms with E-state index in [-0.39, 0.29) is 11.3 Å². The summed E-state index contributed by atoms with van der Waals surface area (Å²) >= 11 is 0. The number of carbonyl (C=O) groups is 2. The van der Waals surface area contributed by atoms with E-state index in [2.05, 4.69) is 13.8 Å². The number of primary amides is 1. The molecule has 92 valence electrons. The number of nitrogens with zero attached hydrogens (tertiary/aromatic N) is 1. The Morgan fingerprint density at radius 3 is 2.62 bits per heavy atom. The Bertz CT molecular complexity index is 291. The molecule has 2 atom stereocenters. The summed E-state index contributed by atoms with van der Waals surface area (Å²) in [7, 11) is 0. The molecule has 1 saturated heterocycles. The molecule has 0 aliphatic carbocycles. The summed E-state index contributed by atoms with van der Waals surface area (Å²) < 4.78 is 0. The minimum Gasteiger partial charge on any atom is -0.368 e. The summed E-state index contributed by atoms with van der Waals surface area (Å²) in [6.07, 6.45) is 3.23. The Hall–Kier alpha value is -1.06. The molecule has 0 saturated carbocycles. The lowest BCUT2D eigenvalue weighted by Gasteiger charge is -2.27. The third kappa shape index (κ3) is 2.54. The zero-order valence-corrected chi connectivity index (χ0v) is 10.5. The summed E-state index contributed by atoms with van der Waals surface area (Å²) in [5, 5.41) is 0. The molecule has 1 aliphatic heterocycles. The van der Waals surface area contributed by atoms with Crippen molar-refractivity contribution in [2.45, 2.75) is 52.5 Å². The standard InChI is InChI=1S/C12H22N2O2/c1-4-6-12(3)7-10(15)14(8-12)9(5-2)11(13)16/h9H,4-8H2,1-3H3,(H2,13,16)/t9-,12?/m0/s1. The van der Waals surface area contributed by atoms with Gasteiger partial charge in [-0.25, -0.2) is 0 Å². The quantitative estimate of drug-likeness (QED) is 0.767. The van der Waals surface area contributed by atoms with Gasteiger partial charge in [0.2, 0.25) is 11.8 Å². The maximum absolute atomic E-state index is 11.9. The van der Waals surface area contributed by atoms with Gasteiger partial charge in [0.15, 0.2) is 0 Å². The smallest absolute Gasteiger partial charge is 0.240 e. The highest BCUT2D eigenvalue weighted by Gasteiger charge is 2.42. The van der Waals surface area contributed by atoms with Crippen molar-refractivity contribution in [3.8, 4) is 0 Å². The average Bonchev–Trinajstić information content (AvgIpc) is 2.43. The predicted molar refractivity (Wildman–Crippen MR) is 62.6 cm³/mol. The number of carbonyl (C=O) groups excluding carboxylic acids is 2. The molecule has 16 heavy (non-hydrogen) atoms. The van der Waals surface area contributed by atoms with Gasteiger partial charge in [0, 0.05) is 13.0 Å². The van der Waals surface area contributed by atoms with Crippen LogP contribution in [-0.2, 0) is 9.59 Å². The highest BCUT2D eigenvalue weighted by molar-refractivity contribution is 5.88. The van der Waals surface area contributed by atoms with E-state index in [1.807, 2.05) is 6.92 Å². The number of rotatable bonds is 5. The molecule has 1 fully saturated rings. The molecule has 2 amide bonds. The van der Waals surface area contributed by atoms with Crippen LogP contribution >= 0.6 is 0 Å². The van der Waals surface area contributed by atoms with Crippen LogP contribution in [0, 0.1) is 5.41 Å². The van der Waals surface area contributed by atoms with Gasteiger partial charge in [-0.1, -0.05) is 27.2 Å². The zero-order chi connectivity index (χ0) is 12.3. The minimum atomic E-state index is -0.425. The average molecular weight is 226 g/mol. The van der Waals surface area contributed by atoms with Gasteiger partial charge in [-0.15, -0.1) is 0 Å². The Morgan fingerprint density at radius 2 is 2.19 bits per heavy atom. The van der Waals surface area contributed by atoms with Gasteiger partial charge < -0.3 is 10.6 Å². The molecule has 1 heterocycles. The van der Waals surface area contributed by atoms with Crippen molar-refractivity contribution in [3.05, 3.63) is 0 Å². The molecule has 2 N–H and O–H groups in total. The lowest BCUT2D eigenvalue weighted by atomic mass is 9.85. The van der Waals surface area contributed by atoms with Crippen LogP contribution in [0.1, 0.15) is 46.5 Å². The molecular weight excluding hydrogens is 204 g/mol. The van der Waals surface area contributed by atoms with Gasteiger partial charge in [0.05, 0.1) is 0 Å². The topological polar surface area (TPSA) is 63.4 Å². The fraction of sp³-hybridized carbons (Fsp3) is 0.833. The number of hydrogen-bond acceptors (Lipinski definition) is 2. The Labute approximate surface area is 97.2 Å². The van der Waals surface area contributed by atoms with E-state index in [0.717, 1.165) is 12.8 Å². The molecule has 0 bridgehead atoms. The monoisotopic (exact) mass is 226 g/mol. The van der Waals surface area contributed by atoms with Crippen LogP contribution in [0.5, 0.6) is 0 Å². The molecule has 0 spiro atoms. The highest BCUT2D eigenvalue weighted by atomic mass is 16.2. The van der Waals surface area contributed by atoms with E-state index >= 15 is 0 Å². The van der Waals surface area contributed by atoms with Gasteiger partial charge in [-0.2, -0.15) is 0 Å². The van der Waals surface area contributed by atoms with Crippen LogP contribution in [0.15, 0.2) is 0 Å². The van der Waals surface area contributed by atoms with Crippen molar-refractivity contribution < 1.29 is 9.59 Å². The number of nitrogens with two attached hydrogens (primary N) is 1.